The van der Waals surface area contributed by atoms with Crippen LogP contribution >= 0.6 is 0 Å². The van der Waals surface area contributed by atoms with Crippen molar-refractivity contribution in [3.05, 3.63) is 59.4 Å². The number of halogens is 3. The van der Waals surface area contributed by atoms with Gasteiger partial charge in [0.15, 0.2) is 0 Å². The van der Waals surface area contributed by atoms with Crippen LogP contribution in [0.1, 0.15) is 48.9 Å². The molecule has 1 N–H and O–H groups in total. The molecule has 1 heterocycles. The first kappa shape index (κ1) is 17.1. The number of aromatic nitrogens is 1. The number of benzene rings is 1. The molecule has 2 aromatic rings. The Bertz CT molecular complexity index is 655. The average Bonchev–Trinajstić information content (AvgIpc) is 3.00. The van der Waals surface area contributed by atoms with Crippen molar-refractivity contribution in [1.29, 1.82) is 0 Å². The number of rotatable bonds is 5. The van der Waals surface area contributed by atoms with Crippen molar-refractivity contribution in [1.82, 2.24) is 9.88 Å². The molecule has 1 fully saturated rings. The van der Waals surface area contributed by atoms with Crippen LogP contribution in [0.3, 0.4) is 0 Å². The van der Waals surface area contributed by atoms with Gasteiger partial charge >= 0.3 is 6.18 Å². The van der Waals surface area contributed by atoms with Crippen LogP contribution in [0.25, 0.3) is 0 Å². The second-order valence-electron chi connectivity index (χ2n) is 6.54. The van der Waals surface area contributed by atoms with Crippen molar-refractivity contribution in [2.75, 3.05) is 0 Å². The zero-order valence-corrected chi connectivity index (χ0v) is 13.6. The molecule has 1 aromatic heterocycles. The first-order chi connectivity index (χ1) is 11.5. The molecule has 2 nitrogen and oxygen atoms in total. The summed E-state index contributed by atoms with van der Waals surface area (Å²) in [6, 6.07) is 10.1. The van der Waals surface area contributed by atoms with Crippen LogP contribution in [0.2, 0.25) is 0 Å². The van der Waals surface area contributed by atoms with Gasteiger partial charge in [0.2, 0.25) is 0 Å². The topological polar surface area (TPSA) is 17.0 Å². The van der Waals surface area contributed by atoms with E-state index in [0.717, 1.165) is 18.3 Å². The zero-order valence-electron chi connectivity index (χ0n) is 13.6. The Labute approximate surface area is 140 Å². The summed E-state index contributed by atoms with van der Waals surface area (Å²) in [6.45, 7) is 1.22. The van der Waals surface area contributed by atoms with E-state index in [1.807, 2.05) is 22.9 Å². The van der Waals surface area contributed by atoms with E-state index in [1.54, 1.807) is 6.07 Å². The standard InChI is InChI=1S/C19H23F3N2/c20-19(21,22)16-7-4-6-15(12-16)14-24-11-5-10-18(24)13-23-17-8-2-1-3-9-17/h4-7,10-12,17,23H,1-3,8-9,13-14H2. The molecule has 1 saturated carbocycles. The van der Waals surface area contributed by atoms with Crippen molar-refractivity contribution in [2.45, 2.75) is 57.4 Å². The van der Waals surface area contributed by atoms with Crippen LogP contribution in [0.15, 0.2) is 42.6 Å². The number of alkyl halides is 3. The highest BCUT2D eigenvalue weighted by molar-refractivity contribution is 5.26. The Balaban J connectivity index is 1.65. The summed E-state index contributed by atoms with van der Waals surface area (Å²) >= 11 is 0. The van der Waals surface area contributed by atoms with Gasteiger partial charge in [0.05, 0.1) is 5.56 Å². The largest absolute Gasteiger partial charge is 0.416 e. The van der Waals surface area contributed by atoms with Crippen LogP contribution in [0.5, 0.6) is 0 Å². The molecular weight excluding hydrogens is 313 g/mol. The second kappa shape index (κ2) is 7.43. The maximum atomic E-state index is 12.8. The normalized spacial score (nSPS) is 16.5. The molecule has 0 atom stereocenters. The van der Waals surface area contributed by atoms with E-state index in [4.69, 9.17) is 0 Å². The molecule has 1 aromatic carbocycles. The number of nitrogens with one attached hydrogen (secondary N) is 1. The number of hydrogen-bond donors (Lipinski definition) is 1. The van der Waals surface area contributed by atoms with E-state index in [9.17, 15) is 13.2 Å². The van der Waals surface area contributed by atoms with Crippen LogP contribution in [0.4, 0.5) is 13.2 Å². The third-order valence-corrected chi connectivity index (χ3v) is 4.71. The van der Waals surface area contributed by atoms with Gasteiger partial charge in [-0.3, -0.25) is 0 Å². The maximum Gasteiger partial charge on any atom is 0.416 e. The first-order valence-corrected chi connectivity index (χ1v) is 8.56. The Morgan fingerprint density at radius 2 is 1.83 bits per heavy atom. The van der Waals surface area contributed by atoms with Gasteiger partial charge in [-0.05, 0) is 42.7 Å². The Morgan fingerprint density at radius 1 is 1.04 bits per heavy atom. The van der Waals surface area contributed by atoms with Crippen LogP contribution in [-0.4, -0.2) is 10.6 Å². The van der Waals surface area contributed by atoms with E-state index >= 15 is 0 Å². The lowest BCUT2D eigenvalue weighted by Gasteiger charge is -2.23. The van der Waals surface area contributed by atoms with Crippen molar-refractivity contribution in [3.63, 3.8) is 0 Å². The fraction of sp³-hybridized carbons (Fsp3) is 0.474. The van der Waals surface area contributed by atoms with Gasteiger partial charge < -0.3 is 9.88 Å². The van der Waals surface area contributed by atoms with E-state index in [2.05, 4.69) is 5.32 Å². The lowest BCUT2D eigenvalue weighted by Crippen LogP contribution is -2.31. The lowest BCUT2D eigenvalue weighted by atomic mass is 9.95. The minimum atomic E-state index is -4.29. The van der Waals surface area contributed by atoms with Crippen LogP contribution in [-0.2, 0) is 19.3 Å². The summed E-state index contributed by atoms with van der Waals surface area (Å²) < 4.78 is 40.5. The van der Waals surface area contributed by atoms with E-state index in [1.165, 1.54) is 44.2 Å². The summed E-state index contributed by atoms with van der Waals surface area (Å²) in [5.41, 5.74) is 1.19. The van der Waals surface area contributed by atoms with Gasteiger partial charge in [-0.1, -0.05) is 31.4 Å². The zero-order chi connectivity index (χ0) is 17.0. The molecule has 3 rings (SSSR count). The van der Waals surface area contributed by atoms with Gasteiger partial charge in [0.1, 0.15) is 0 Å². The highest BCUT2D eigenvalue weighted by Gasteiger charge is 2.30. The van der Waals surface area contributed by atoms with Gasteiger partial charge in [0.25, 0.3) is 0 Å². The molecule has 1 aliphatic rings. The predicted molar refractivity (Wildman–Crippen MR) is 88.7 cm³/mol. The van der Waals surface area contributed by atoms with Gasteiger partial charge in [-0.15, -0.1) is 0 Å². The summed E-state index contributed by atoms with van der Waals surface area (Å²) in [4.78, 5) is 0. The molecular formula is C19H23F3N2. The van der Waals surface area contributed by atoms with Gasteiger partial charge in [-0.25, -0.2) is 0 Å². The fourth-order valence-corrected chi connectivity index (χ4v) is 3.36. The molecule has 0 radical (unpaired) electrons. The summed E-state index contributed by atoms with van der Waals surface area (Å²) in [5, 5.41) is 3.58. The number of nitrogens with zero attached hydrogens (tertiary/aromatic N) is 1. The summed E-state index contributed by atoms with van der Waals surface area (Å²) in [5.74, 6) is 0. The summed E-state index contributed by atoms with van der Waals surface area (Å²) in [7, 11) is 0. The number of hydrogen-bond acceptors (Lipinski definition) is 1. The smallest absolute Gasteiger partial charge is 0.346 e. The lowest BCUT2D eigenvalue weighted by molar-refractivity contribution is -0.137. The molecule has 1 aliphatic carbocycles. The average molecular weight is 336 g/mol. The first-order valence-electron chi connectivity index (χ1n) is 8.56. The molecule has 24 heavy (non-hydrogen) atoms. The van der Waals surface area contributed by atoms with Gasteiger partial charge in [-0.2, -0.15) is 13.2 Å². The Hall–Kier alpha value is -1.75. The highest BCUT2D eigenvalue weighted by atomic mass is 19.4. The van der Waals surface area contributed by atoms with E-state index < -0.39 is 11.7 Å². The van der Waals surface area contributed by atoms with Crippen molar-refractivity contribution in [3.8, 4) is 0 Å². The molecule has 0 aliphatic heterocycles. The van der Waals surface area contributed by atoms with Crippen LogP contribution < -0.4 is 5.32 Å². The van der Waals surface area contributed by atoms with Crippen molar-refractivity contribution in [2.24, 2.45) is 0 Å². The van der Waals surface area contributed by atoms with Crippen LogP contribution in [0, 0.1) is 0 Å². The molecule has 130 valence electrons. The minimum absolute atomic E-state index is 0.457. The third-order valence-electron chi connectivity index (χ3n) is 4.71. The second-order valence-corrected chi connectivity index (χ2v) is 6.54. The molecule has 0 bridgehead atoms. The van der Waals surface area contributed by atoms with Gasteiger partial charge in [0, 0.05) is 31.0 Å². The molecule has 0 amide bonds. The quantitative estimate of drug-likeness (QED) is 0.815. The van der Waals surface area contributed by atoms with Crippen molar-refractivity contribution < 1.29 is 13.2 Å². The highest BCUT2D eigenvalue weighted by Crippen LogP contribution is 2.29. The van der Waals surface area contributed by atoms with E-state index in [0.29, 0.717) is 18.2 Å². The van der Waals surface area contributed by atoms with E-state index in [-0.39, 0.29) is 0 Å². The third kappa shape index (κ3) is 4.41. The molecule has 0 saturated heterocycles. The SMILES string of the molecule is FC(F)(F)c1cccc(Cn2cccc2CNC2CCCCC2)c1. The monoisotopic (exact) mass is 336 g/mol. The van der Waals surface area contributed by atoms with Crippen molar-refractivity contribution >= 4 is 0 Å². The maximum absolute atomic E-state index is 12.8. The molecule has 0 unspecified atom stereocenters. The molecule has 0 spiro atoms. The summed E-state index contributed by atoms with van der Waals surface area (Å²) in [6.07, 6.45) is 3.95. The predicted octanol–water partition coefficient (Wildman–Crippen LogP) is 4.98. The Morgan fingerprint density at radius 3 is 2.58 bits per heavy atom. The Kier molecular flexibility index (Phi) is 5.29. The fourth-order valence-electron chi connectivity index (χ4n) is 3.36. The minimum Gasteiger partial charge on any atom is -0.346 e. The molecule has 5 heteroatoms.